The molecule has 0 aliphatic carbocycles. The lowest BCUT2D eigenvalue weighted by molar-refractivity contribution is 0.109. The maximum Gasteiger partial charge on any atom is 0.185 e. The van der Waals surface area contributed by atoms with Gasteiger partial charge in [-0.25, -0.2) is 0 Å². The van der Waals surface area contributed by atoms with Crippen LogP contribution >= 0.6 is 0 Å². The number of hydrogen-bond acceptors (Lipinski definition) is 3. The van der Waals surface area contributed by atoms with Crippen molar-refractivity contribution in [1.29, 1.82) is 0 Å². The Bertz CT molecular complexity index is 341. The summed E-state index contributed by atoms with van der Waals surface area (Å²) >= 11 is 0. The van der Waals surface area contributed by atoms with Crippen molar-refractivity contribution in [1.82, 2.24) is 0 Å². The largest absolute Gasteiger partial charge is 0.457 e. The molecule has 3 nitrogen and oxygen atoms in total. The van der Waals surface area contributed by atoms with E-state index in [0.29, 0.717) is 35.2 Å². The van der Waals surface area contributed by atoms with E-state index in [1.54, 1.807) is 12.1 Å². The van der Waals surface area contributed by atoms with Crippen molar-refractivity contribution in [2.75, 3.05) is 5.75 Å². The molecular formula is C11H16O3S. The molecule has 1 atom stereocenters. The zero-order valence-corrected chi connectivity index (χ0v) is 9.88. The van der Waals surface area contributed by atoms with Gasteiger partial charge in [0.15, 0.2) is 12.0 Å². The van der Waals surface area contributed by atoms with E-state index in [0.717, 1.165) is 6.42 Å². The van der Waals surface area contributed by atoms with E-state index >= 15 is 0 Å². The van der Waals surface area contributed by atoms with Crippen LogP contribution < -0.4 is 0 Å². The van der Waals surface area contributed by atoms with Crippen molar-refractivity contribution in [3.8, 4) is 0 Å². The van der Waals surface area contributed by atoms with Gasteiger partial charge in [0.05, 0.1) is 5.75 Å². The van der Waals surface area contributed by atoms with E-state index in [1.807, 2.05) is 0 Å². The van der Waals surface area contributed by atoms with Crippen LogP contribution in [0.2, 0.25) is 0 Å². The summed E-state index contributed by atoms with van der Waals surface area (Å²) in [6.07, 6.45) is 1.61. The maximum absolute atomic E-state index is 11.6. The third-order valence-electron chi connectivity index (χ3n) is 2.02. The summed E-state index contributed by atoms with van der Waals surface area (Å²) in [5.74, 6) is 2.58. The second kappa shape index (κ2) is 5.85. The van der Waals surface area contributed by atoms with Crippen LogP contribution in [0.3, 0.4) is 0 Å². The summed E-state index contributed by atoms with van der Waals surface area (Å²) in [4.78, 5) is 10.4. The number of carbonyl (C=O) groups excluding carboxylic acids is 1. The average molecular weight is 228 g/mol. The molecule has 0 spiro atoms. The molecule has 0 amide bonds. The number of furan rings is 1. The standard InChI is InChI=1S/C11H16O3S/c1-9(2)5-6-15(13)8-11-4-3-10(7-12)14-11/h3-4,7,9H,5-6,8H2,1-2H3. The van der Waals surface area contributed by atoms with Crippen LogP contribution in [0.5, 0.6) is 0 Å². The van der Waals surface area contributed by atoms with Gasteiger partial charge in [-0.15, -0.1) is 0 Å². The molecule has 0 saturated carbocycles. The van der Waals surface area contributed by atoms with Gasteiger partial charge in [0.1, 0.15) is 5.76 Å². The summed E-state index contributed by atoms with van der Waals surface area (Å²) in [5.41, 5.74) is 0. The van der Waals surface area contributed by atoms with Crippen LogP contribution in [0, 0.1) is 5.92 Å². The van der Waals surface area contributed by atoms with Crippen LogP contribution in [0.25, 0.3) is 0 Å². The third kappa shape index (κ3) is 4.42. The Morgan fingerprint density at radius 3 is 2.73 bits per heavy atom. The van der Waals surface area contributed by atoms with Crippen molar-refractivity contribution in [2.24, 2.45) is 5.92 Å². The zero-order valence-electron chi connectivity index (χ0n) is 9.06. The molecule has 84 valence electrons. The number of rotatable bonds is 6. The Morgan fingerprint density at radius 1 is 1.47 bits per heavy atom. The molecule has 15 heavy (non-hydrogen) atoms. The van der Waals surface area contributed by atoms with E-state index in [2.05, 4.69) is 13.8 Å². The summed E-state index contributed by atoms with van der Waals surface area (Å²) < 4.78 is 16.7. The van der Waals surface area contributed by atoms with E-state index < -0.39 is 10.8 Å². The van der Waals surface area contributed by atoms with Gasteiger partial charge in [-0.3, -0.25) is 9.00 Å². The van der Waals surface area contributed by atoms with Crippen LogP contribution in [0.1, 0.15) is 36.6 Å². The maximum atomic E-state index is 11.6. The highest BCUT2D eigenvalue weighted by atomic mass is 32.2. The Hall–Kier alpha value is -0.900. The van der Waals surface area contributed by atoms with Crippen molar-refractivity contribution < 1.29 is 13.4 Å². The van der Waals surface area contributed by atoms with Gasteiger partial charge < -0.3 is 4.42 Å². The molecule has 0 bridgehead atoms. The molecule has 1 unspecified atom stereocenters. The van der Waals surface area contributed by atoms with Gasteiger partial charge in [-0.05, 0) is 24.5 Å². The minimum atomic E-state index is -0.890. The van der Waals surface area contributed by atoms with Crippen molar-refractivity contribution in [3.05, 3.63) is 23.7 Å². The number of hydrogen-bond donors (Lipinski definition) is 0. The predicted molar refractivity (Wildman–Crippen MR) is 60.3 cm³/mol. The molecule has 0 aliphatic rings. The van der Waals surface area contributed by atoms with E-state index in [1.165, 1.54) is 0 Å². The lowest BCUT2D eigenvalue weighted by Gasteiger charge is -2.03. The second-order valence-corrected chi connectivity index (χ2v) is 5.47. The fourth-order valence-corrected chi connectivity index (χ4v) is 2.48. The molecule has 4 heteroatoms. The predicted octanol–water partition coefficient (Wildman–Crippen LogP) is 2.39. The van der Waals surface area contributed by atoms with Gasteiger partial charge in [-0.2, -0.15) is 0 Å². The zero-order chi connectivity index (χ0) is 11.3. The fourth-order valence-electron chi connectivity index (χ4n) is 1.13. The highest BCUT2D eigenvalue weighted by Crippen LogP contribution is 2.10. The summed E-state index contributed by atoms with van der Waals surface area (Å²) in [6.45, 7) is 4.21. The van der Waals surface area contributed by atoms with Crippen molar-refractivity contribution in [2.45, 2.75) is 26.0 Å². The SMILES string of the molecule is CC(C)CCS(=O)Cc1ccc(C=O)o1. The van der Waals surface area contributed by atoms with E-state index in [4.69, 9.17) is 4.42 Å². The topological polar surface area (TPSA) is 47.3 Å². The van der Waals surface area contributed by atoms with Gasteiger partial charge in [0.2, 0.25) is 0 Å². The number of aldehydes is 1. The minimum absolute atomic E-state index is 0.297. The van der Waals surface area contributed by atoms with Crippen molar-refractivity contribution >= 4 is 17.1 Å². The molecule has 0 N–H and O–H groups in total. The summed E-state index contributed by atoms with van der Waals surface area (Å²) in [5, 5.41) is 0. The van der Waals surface area contributed by atoms with Crippen LogP contribution in [0.15, 0.2) is 16.5 Å². The van der Waals surface area contributed by atoms with Gasteiger partial charge in [0, 0.05) is 16.6 Å². The normalized spacial score (nSPS) is 13.0. The minimum Gasteiger partial charge on any atom is -0.457 e. The Kier molecular flexibility index (Phi) is 4.75. The van der Waals surface area contributed by atoms with Gasteiger partial charge in [-0.1, -0.05) is 13.8 Å². The molecule has 0 aliphatic heterocycles. The molecule has 0 aromatic carbocycles. The van der Waals surface area contributed by atoms with Crippen LogP contribution in [-0.4, -0.2) is 16.2 Å². The number of carbonyl (C=O) groups is 1. The fraction of sp³-hybridized carbons (Fsp3) is 0.545. The Labute approximate surface area is 92.3 Å². The highest BCUT2D eigenvalue weighted by Gasteiger charge is 2.07. The third-order valence-corrected chi connectivity index (χ3v) is 3.32. The monoisotopic (exact) mass is 228 g/mol. The molecular weight excluding hydrogens is 212 g/mol. The first-order chi connectivity index (χ1) is 7.11. The molecule has 1 heterocycles. The van der Waals surface area contributed by atoms with Crippen molar-refractivity contribution in [3.63, 3.8) is 0 Å². The summed E-state index contributed by atoms with van der Waals surface area (Å²) in [6, 6.07) is 3.30. The quantitative estimate of drug-likeness (QED) is 0.702. The molecule has 0 radical (unpaired) electrons. The molecule has 0 saturated heterocycles. The first kappa shape index (κ1) is 12.2. The molecule has 1 rings (SSSR count). The second-order valence-electron chi connectivity index (χ2n) is 3.89. The summed E-state index contributed by atoms with van der Waals surface area (Å²) in [7, 11) is -0.890. The Morgan fingerprint density at radius 2 is 2.20 bits per heavy atom. The highest BCUT2D eigenvalue weighted by molar-refractivity contribution is 7.84. The van der Waals surface area contributed by atoms with E-state index in [-0.39, 0.29) is 0 Å². The van der Waals surface area contributed by atoms with Gasteiger partial charge in [0.25, 0.3) is 0 Å². The molecule has 1 aromatic rings. The average Bonchev–Trinajstić information content (AvgIpc) is 2.62. The van der Waals surface area contributed by atoms with Gasteiger partial charge >= 0.3 is 0 Å². The van der Waals surface area contributed by atoms with Crippen LogP contribution in [0.4, 0.5) is 0 Å². The Balaban J connectivity index is 2.40. The first-order valence-electron chi connectivity index (χ1n) is 5.00. The lowest BCUT2D eigenvalue weighted by atomic mass is 10.2. The molecule has 1 aromatic heterocycles. The smallest absolute Gasteiger partial charge is 0.185 e. The van der Waals surface area contributed by atoms with E-state index in [9.17, 15) is 9.00 Å². The first-order valence-corrected chi connectivity index (χ1v) is 6.49. The molecule has 0 fully saturated rings. The lowest BCUT2D eigenvalue weighted by Crippen LogP contribution is -2.03. The van der Waals surface area contributed by atoms with Crippen LogP contribution in [-0.2, 0) is 16.6 Å².